The minimum Gasteiger partial charge on any atom is -0.386 e. The highest BCUT2D eigenvalue weighted by Gasteiger charge is 2.22. The van der Waals surface area contributed by atoms with Crippen molar-refractivity contribution in [1.29, 1.82) is 0 Å². The summed E-state index contributed by atoms with van der Waals surface area (Å²) in [6, 6.07) is 0.235. The fraction of sp³-hybridized carbons (Fsp3) is 1.00. The molecule has 0 aromatic rings. The van der Waals surface area contributed by atoms with Crippen molar-refractivity contribution >= 4 is 0 Å². The molecule has 0 amide bonds. The minimum absolute atomic E-state index is 0.00463. The maximum absolute atomic E-state index is 12.0. The Bertz CT molecular complexity index is 172. The Morgan fingerprint density at radius 3 is 2.40 bits per heavy atom. The fourth-order valence-electron chi connectivity index (χ4n) is 2.20. The number of hydrogen-bond donors (Lipinski definition) is 2. The second-order valence-electron chi connectivity index (χ2n) is 4.50. The van der Waals surface area contributed by atoms with Crippen LogP contribution in [0.25, 0.3) is 0 Å². The Labute approximate surface area is 90.1 Å². The van der Waals surface area contributed by atoms with E-state index in [-0.39, 0.29) is 12.6 Å². The third kappa shape index (κ3) is 4.43. The van der Waals surface area contributed by atoms with Crippen LogP contribution in [0.1, 0.15) is 39.0 Å². The smallest absolute Gasteiger partial charge is 0.265 e. The maximum atomic E-state index is 12.0. The van der Waals surface area contributed by atoms with Gasteiger partial charge < -0.3 is 10.4 Å². The van der Waals surface area contributed by atoms with Crippen molar-refractivity contribution in [2.24, 2.45) is 5.92 Å². The van der Waals surface area contributed by atoms with E-state index in [1.165, 1.54) is 32.1 Å². The van der Waals surface area contributed by atoms with Gasteiger partial charge in [-0.05, 0) is 25.7 Å². The lowest BCUT2D eigenvalue weighted by Gasteiger charge is -2.29. The minimum atomic E-state index is -2.64. The molecular formula is C11H21F2NO. The van der Waals surface area contributed by atoms with Gasteiger partial charge in [0.15, 0.2) is 0 Å². The zero-order valence-electron chi connectivity index (χ0n) is 9.26. The van der Waals surface area contributed by atoms with E-state index in [9.17, 15) is 8.78 Å². The molecule has 0 bridgehead atoms. The Morgan fingerprint density at radius 1 is 1.27 bits per heavy atom. The van der Waals surface area contributed by atoms with Crippen molar-refractivity contribution in [2.45, 2.75) is 57.6 Å². The molecule has 0 saturated heterocycles. The van der Waals surface area contributed by atoms with E-state index in [1.807, 2.05) is 6.92 Å². The summed E-state index contributed by atoms with van der Waals surface area (Å²) < 4.78 is 24.1. The van der Waals surface area contributed by atoms with Crippen molar-refractivity contribution in [1.82, 2.24) is 5.32 Å². The van der Waals surface area contributed by atoms with E-state index < -0.39 is 12.5 Å². The zero-order valence-corrected chi connectivity index (χ0v) is 9.26. The van der Waals surface area contributed by atoms with Crippen molar-refractivity contribution < 1.29 is 13.9 Å². The van der Waals surface area contributed by atoms with Crippen LogP contribution in [-0.2, 0) is 0 Å². The second-order valence-corrected chi connectivity index (χ2v) is 4.50. The zero-order chi connectivity index (χ0) is 11.3. The van der Waals surface area contributed by atoms with Crippen LogP contribution in [0.4, 0.5) is 8.78 Å². The number of alkyl halides is 2. The van der Waals surface area contributed by atoms with Gasteiger partial charge in [0, 0.05) is 12.6 Å². The normalized spacial score (nSPS) is 23.0. The van der Waals surface area contributed by atoms with Gasteiger partial charge in [-0.25, -0.2) is 8.78 Å². The van der Waals surface area contributed by atoms with Gasteiger partial charge >= 0.3 is 0 Å². The molecule has 2 atom stereocenters. The predicted molar refractivity (Wildman–Crippen MR) is 56.1 cm³/mol. The van der Waals surface area contributed by atoms with Crippen molar-refractivity contribution in [2.75, 3.05) is 6.54 Å². The van der Waals surface area contributed by atoms with Crippen molar-refractivity contribution in [3.8, 4) is 0 Å². The van der Waals surface area contributed by atoms with Crippen LogP contribution in [0.2, 0.25) is 0 Å². The van der Waals surface area contributed by atoms with Crippen LogP contribution in [-0.4, -0.2) is 30.2 Å². The fourth-order valence-corrected chi connectivity index (χ4v) is 2.20. The summed E-state index contributed by atoms with van der Waals surface area (Å²) >= 11 is 0. The largest absolute Gasteiger partial charge is 0.386 e. The summed E-state index contributed by atoms with van der Waals surface area (Å²) in [7, 11) is 0. The lowest BCUT2D eigenvalue weighted by Crippen LogP contribution is -2.41. The summed E-state index contributed by atoms with van der Waals surface area (Å²) in [6.07, 6.45) is 1.97. The van der Waals surface area contributed by atoms with Gasteiger partial charge in [0.25, 0.3) is 6.43 Å². The monoisotopic (exact) mass is 221 g/mol. The number of hydrogen-bond acceptors (Lipinski definition) is 2. The molecule has 0 aliphatic heterocycles. The summed E-state index contributed by atoms with van der Waals surface area (Å²) in [5.74, 6) is 0.587. The van der Waals surface area contributed by atoms with Gasteiger partial charge in [-0.3, -0.25) is 0 Å². The first-order valence-corrected chi connectivity index (χ1v) is 5.81. The third-order valence-corrected chi connectivity index (χ3v) is 3.30. The van der Waals surface area contributed by atoms with E-state index in [2.05, 4.69) is 5.32 Å². The molecule has 2 N–H and O–H groups in total. The third-order valence-electron chi connectivity index (χ3n) is 3.30. The molecule has 4 heteroatoms. The SMILES string of the molecule is CC(NCC(O)C(F)F)C1CCCCC1. The molecule has 0 aromatic heterocycles. The lowest BCUT2D eigenvalue weighted by atomic mass is 9.84. The quantitative estimate of drug-likeness (QED) is 0.745. The van der Waals surface area contributed by atoms with Crippen molar-refractivity contribution in [3.05, 3.63) is 0 Å². The first-order valence-electron chi connectivity index (χ1n) is 5.81. The number of rotatable bonds is 5. The molecule has 0 spiro atoms. The first kappa shape index (κ1) is 12.8. The van der Waals surface area contributed by atoms with Gasteiger partial charge in [0.2, 0.25) is 0 Å². The molecule has 1 rings (SSSR count). The van der Waals surface area contributed by atoms with Gasteiger partial charge in [-0.1, -0.05) is 19.3 Å². The molecule has 0 heterocycles. The predicted octanol–water partition coefficient (Wildman–Crippen LogP) is 2.17. The van der Waals surface area contributed by atoms with Crippen LogP contribution < -0.4 is 5.32 Å². The van der Waals surface area contributed by atoms with E-state index in [0.29, 0.717) is 5.92 Å². The van der Waals surface area contributed by atoms with Gasteiger partial charge in [-0.15, -0.1) is 0 Å². The van der Waals surface area contributed by atoms with Crippen LogP contribution in [0.15, 0.2) is 0 Å². The number of nitrogens with one attached hydrogen (secondary N) is 1. The molecule has 0 aromatic carbocycles. The van der Waals surface area contributed by atoms with Crippen LogP contribution in [0.5, 0.6) is 0 Å². The topological polar surface area (TPSA) is 32.3 Å². The van der Waals surface area contributed by atoms with Crippen LogP contribution in [0.3, 0.4) is 0 Å². The van der Waals surface area contributed by atoms with Crippen LogP contribution in [0, 0.1) is 5.92 Å². The van der Waals surface area contributed by atoms with Crippen LogP contribution >= 0.6 is 0 Å². The number of aliphatic hydroxyl groups is 1. The standard InChI is InChI=1S/C11H21F2NO/c1-8(9-5-3-2-4-6-9)14-7-10(15)11(12)13/h8-11,14-15H,2-7H2,1H3. The van der Waals surface area contributed by atoms with E-state index in [1.54, 1.807) is 0 Å². The highest BCUT2D eigenvalue weighted by Crippen LogP contribution is 2.26. The molecule has 1 aliphatic rings. The molecule has 0 radical (unpaired) electrons. The average Bonchev–Trinajstić information content (AvgIpc) is 2.26. The Hall–Kier alpha value is -0.220. The highest BCUT2D eigenvalue weighted by atomic mass is 19.3. The molecule has 1 aliphatic carbocycles. The lowest BCUT2D eigenvalue weighted by molar-refractivity contribution is -0.00556. The molecule has 1 saturated carbocycles. The summed E-state index contributed by atoms with van der Waals surface area (Å²) in [5.41, 5.74) is 0. The molecular weight excluding hydrogens is 200 g/mol. The van der Waals surface area contributed by atoms with Gasteiger partial charge in [0.1, 0.15) is 6.10 Å². The summed E-state index contributed by atoms with van der Waals surface area (Å²) in [4.78, 5) is 0. The molecule has 2 nitrogen and oxygen atoms in total. The van der Waals surface area contributed by atoms with Crippen molar-refractivity contribution in [3.63, 3.8) is 0 Å². The summed E-state index contributed by atoms with van der Waals surface area (Å²) in [6.45, 7) is 2.02. The van der Waals surface area contributed by atoms with Gasteiger partial charge in [-0.2, -0.15) is 0 Å². The van der Waals surface area contributed by atoms with E-state index in [0.717, 1.165) is 0 Å². The number of halogens is 2. The molecule has 2 unspecified atom stereocenters. The molecule has 1 fully saturated rings. The Balaban J connectivity index is 2.19. The summed E-state index contributed by atoms with van der Waals surface area (Å²) in [5, 5.41) is 12.0. The molecule has 90 valence electrons. The van der Waals surface area contributed by atoms with E-state index in [4.69, 9.17) is 5.11 Å². The maximum Gasteiger partial charge on any atom is 0.265 e. The molecule has 15 heavy (non-hydrogen) atoms. The van der Waals surface area contributed by atoms with E-state index >= 15 is 0 Å². The average molecular weight is 221 g/mol. The highest BCUT2D eigenvalue weighted by molar-refractivity contribution is 4.77. The first-order chi connectivity index (χ1) is 7.11. The second kappa shape index (κ2) is 6.38. The number of aliphatic hydroxyl groups excluding tert-OH is 1. The Kier molecular flexibility index (Phi) is 5.47. The Morgan fingerprint density at radius 2 is 1.87 bits per heavy atom. The van der Waals surface area contributed by atoms with Gasteiger partial charge in [0.05, 0.1) is 0 Å².